The minimum atomic E-state index is -4.15. The molecule has 0 saturated heterocycles. The van der Waals surface area contributed by atoms with E-state index in [1.165, 1.54) is 0 Å². The molecular weight excluding hydrogens is 721 g/mol. The van der Waals surface area contributed by atoms with Crippen LogP contribution in [0, 0.1) is 27.7 Å². The summed E-state index contributed by atoms with van der Waals surface area (Å²) in [6.45, 7) is 7.13. The molecule has 0 unspecified atom stereocenters. The molecule has 13 nitrogen and oxygen atoms in total. The van der Waals surface area contributed by atoms with Gasteiger partial charge in [-0.2, -0.15) is 0 Å². The molecule has 278 valence electrons. The number of amides is 1. The number of para-hydroxylation sites is 2. The molecule has 8 rings (SSSR count). The number of anilines is 2. The number of aryl methyl sites for hydroxylation is 4. The summed E-state index contributed by atoms with van der Waals surface area (Å²) in [7, 11) is -4.15. The van der Waals surface area contributed by atoms with Gasteiger partial charge in [-0.1, -0.05) is 46.7 Å². The zero-order chi connectivity index (χ0) is 38.6. The Morgan fingerprint density at radius 3 is 1.55 bits per heavy atom. The van der Waals surface area contributed by atoms with E-state index in [1.807, 2.05) is 64.6 Å². The van der Waals surface area contributed by atoms with Gasteiger partial charge in [0.1, 0.15) is 23.0 Å². The van der Waals surface area contributed by atoms with Crippen LogP contribution in [-0.4, -0.2) is 49.7 Å². The Morgan fingerprint density at radius 2 is 1.09 bits per heavy atom. The summed E-state index contributed by atoms with van der Waals surface area (Å²) in [6.07, 6.45) is -0.369. The number of phenolic OH excluding ortho intramolecular Hbond substituents is 2. The zero-order valence-corrected chi connectivity index (χ0v) is 31.1. The topological polar surface area (TPSA) is 178 Å². The first-order valence-corrected chi connectivity index (χ1v) is 19.1. The third-order valence-corrected chi connectivity index (χ3v) is 10.9. The number of carbonyl (C=O) groups is 1. The normalized spacial score (nSPS) is 11.8. The van der Waals surface area contributed by atoms with Crippen molar-refractivity contribution in [1.82, 2.24) is 19.4 Å². The molecule has 0 aliphatic rings. The van der Waals surface area contributed by atoms with E-state index in [9.17, 15) is 23.4 Å². The third-order valence-electron chi connectivity index (χ3n) is 9.63. The number of phenols is 2. The number of sulfonamides is 1. The van der Waals surface area contributed by atoms with Gasteiger partial charge in [0.2, 0.25) is 15.9 Å². The van der Waals surface area contributed by atoms with Crippen molar-refractivity contribution in [3.8, 4) is 45.4 Å². The van der Waals surface area contributed by atoms with Crippen LogP contribution in [0.1, 0.15) is 29.3 Å². The summed E-state index contributed by atoms with van der Waals surface area (Å²) in [5.41, 5.74) is 7.17. The van der Waals surface area contributed by atoms with Crippen LogP contribution in [0.3, 0.4) is 0 Å². The predicted octanol–water partition coefficient (Wildman–Crippen LogP) is 8.30. The Morgan fingerprint density at radius 1 is 0.655 bits per heavy atom. The number of rotatable bonds is 10. The lowest BCUT2D eigenvalue weighted by atomic mass is 10.1. The number of carbonyl (C=O) groups excluding carboxylic acids is 1. The lowest BCUT2D eigenvalue weighted by molar-refractivity contribution is -0.115. The van der Waals surface area contributed by atoms with E-state index in [0.29, 0.717) is 78.8 Å². The molecule has 1 amide bonds. The van der Waals surface area contributed by atoms with Crippen molar-refractivity contribution in [2.45, 2.75) is 34.1 Å². The number of fused-ring (bicyclic) bond motifs is 2. The minimum Gasteiger partial charge on any atom is -0.508 e. The molecule has 8 aromatic rings. The van der Waals surface area contributed by atoms with E-state index in [2.05, 4.69) is 20.4 Å². The van der Waals surface area contributed by atoms with Gasteiger partial charge in [0, 0.05) is 28.6 Å². The second-order valence-electron chi connectivity index (χ2n) is 13.3. The molecule has 4 aromatic carbocycles. The molecule has 4 N–H and O–H groups in total. The SMILES string of the molecule is Cc1noc(C)c1-c1c(NC(=O)CCS(=O)(=O)Nc2c(-c3c(C)noc3C)n(-c3ccc(O)cc3)c3ccccc23)c2ccccc2n1-c1ccc(O)cc1. The highest BCUT2D eigenvalue weighted by atomic mass is 32.2. The number of benzene rings is 4. The summed E-state index contributed by atoms with van der Waals surface area (Å²) < 4.78 is 45.8. The number of hydrogen-bond acceptors (Lipinski definition) is 9. The van der Waals surface area contributed by atoms with Crippen LogP contribution in [0.15, 0.2) is 106 Å². The van der Waals surface area contributed by atoms with Crippen molar-refractivity contribution in [2.24, 2.45) is 0 Å². The van der Waals surface area contributed by atoms with E-state index in [0.717, 1.165) is 11.2 Å². The van der Waals surface area contributed by atoms with Gasteiger partial charge in [0.15, 0.2) is 0 Å². The van der Waals surface area contributed by atoms with Gasteiger partial charge in [0.25, 0.3) is 0 Å². The monoisotopic (exact) mass is 756 g/mol. The Balaban J connectivity index is 1.16. The highest BCUT2D eigenvalue weighted by Gasteiger charge is 2.29. The molecule has 55 heavy (non-hydrogen) atoms. The molecular formula is C41H36N6O7S. The quantitative estimate of drug-likeness (QED) is 0.107. The van der Waals surface area contributed by atoms with E-state index >= 15 is 0 Å². The molecule has 14 heteroatoms. The van der Waals surface area contributed by atoms with Crippen molar-refractivity contribution >= 4 is 49.1 Å². The Labute approximate surface area is 315 Å². The van der Waals surface area contributed by atoms with Gasteiger partial charge in [-0.15, -0.1) is 0 Å². The molecule has 0 aliphatic carbocycles. The maximum absolute atomic E-state index is 14.0. The summed E-state index contributed by atoms with van der Waals surface area (Å²) in [5, 5.41) is 32.8. The molecule has 0 atom stereocenters. The van der Waals surface area contributed by atoms with Crippen molar-refractivity contribution < 1.29 is 32.5 Å². The van der Waals surface area contributed by atoms with Gasteiger partial charge >= 0.3 is 0 Å². The molecule has 0 radical (unpaired) electrons. The average Bonchev–Trinajstić information content (AvgIpc) is 3.88. The first-order chi connectivity index (χ1) is 26.4. The van der Waals surface area contributed by atoms with Crippen LogP contribution in [0.2, 0.25) is 0 Å². The number of aromatic hydroxyl groups is 2. The number of nitrogens with one attached hydrogen (secondary N) is 2. The van der Waals surface area contributed by atoms with E-state index in [-0.39, 0.29) is 17.9 Å². The highest BCUT2D eigenvalue weighted by molar-refractivity contribution is 7.92. The molecule has 4 heterocycles. The van der Waals surface area contributed by atoms with Crippen LogP contribution >= 0.6 is 0 Å². The first-order valence-electron chi connectivity index (χ1n) is 17.4. The van der Waals surface area contributed by atoms with E-state index in [4.69, 9.17) is 9.05 Å². The number of hydrogen-bond donors (Lipinski definition) is 4. The molecule has 0 spiro atoms. The molecule has 0 aliphatic heterocycles. The first kappa shape index (κ1) is 35.2. The fourth-order valence-corrected chi connectivity index (χ4v) is 8.27. The van der Waals surface area contributed by atoms with Crippen LogP contribution < -0.4 is 10.0 Å². The van der Waals surface area contributed by atoms with Crippen LogP contribution in [0.4, 0.5) is 11.4 Å². The van der Waals surface area contributed by atoms with Crippen molar-refractivity contribution in [3.05, 3.63) is 120 Å². The summed E-state index contributed by atoms with van der Waals surface area (Å²) in [6, 6.07) is 28.2. The molecule has 4 aromatic heterocycles. The maximum atomic E-state index is 14.0. The van der Waals surface area contributed by atoms with Crippen LogP contribution in [0.25, 0.3) is 55.7 Å². The van der Waals surface area contributed by atoms with Crippen LogP contribution in [-0.2, 0) is 14.8 Å². The van der Waals surface area contributed by atoms with Crippen molar-refractivity contribution in [2.75, 3.05) is 15.8 Å². The smallest absolute Gasteiger partial charge is 0.233 e. The second kappa shape index (κ2) is 13.6. The summed E-state index contributed by atoms with van der Waals surface area (Å²) in [4.78, 5) is 13.9. The minimum absolute atomic E-state index is 0.0852. The fourth-order valence-electron chi connectivity index (χ4n) is 7.20. The van der Waals surface area contributed by atoms with Crippen molar-refractivity contribution in [1.29, 1.82) is 0 Å². The highest BCUT2D eigenvalue weighted by Crippen LogP contribution is 2.45. The van der Waals surface area contributed by atoms with Gasteiger partial charge < -0.3 is 33.7 Å². The lowest BCUT2D eigenvalue weighted by Crippen LogP contribution is -2.22. The maximum Gasteiger partial charge on any atom is 0.233 e. The Hall–Kier alpha value is -6.80. The van der Waals surface area contributed by atoms with Crippen LogP contribution in [0.5, 0.6) is 11.5 Å². The Kier molecular flexibility index (Phi) is 8.69. The van der Waals surface area contributed by atoms with E-state index < -0.39 is 21.7 Å². The van der Waals surface area contributed by atoms with Gasteiger partial charge in [0.05, 0.1) is 62.1 Å². The zero-order valence-electron chi connectivity index (χ0n) is 30.3. The second-order valence-corrected chi connectivity index (χ2v) is 15.1. The summed E-state index contributed by atoms with van der Waals surface area (Å²) in [5.74, 6) is 0.150. The van der Waals surface area contributed by atoms with Gasteiger partial charge in [-0.25, -0.2) is 8.42 Å². The van der Waals surface area contributed by atoms with Gasteiger partial charge in [-0.3, -0.25) is 9.52 Å². The molecule has 0 saturated carbocycles. The largest absolute Gasteiger partial charge is 0.508 e. The average molecular weight is 757 g/mol. The van der Waals surface area contributed by atoms with Crippen molar-refractivity contribution in [3.63, 3.8) is 0 Å². The molecule has 0 fully saturated rings. The van der Waals surface area contributed by atoms with E-state index in [1.54, 1.807) is 69.3 Å². The molecule has 0 bridgehead atoms. The third kappa shape index (κ3) is 6.25. The standard InChI is InChI=1S/C41H36N6O7S/c1-23-36(25(3)53-43-23)40-38(31-9-5-7-11-33(31)46(40)27-13-17-29(48)18-14-27)42-35(50)21-22-55(51,52)45-39-32-10-6-8-12-34(32)47(28-15-19-30(49)20-16-28)41(39)37-24(2)44-54-26(37)4/h5-20,45,48-49H,21-22H2,1-4H3,(H,42,50). The lowest BCUT2D eigenvalue weighted by Gasteiger charge is -2.15. The Bertz CT molecular complexity index is 2830. The fraction of sp³-hybridized carbons (Fsp3) is 0.146. The van der Waals surface area contributed by atoms with Gasteiger partial charge in [-0.05, 0) is 88.4 Å². The summed E-state index contributed by atoms with van der Waals surface area (Å²) >= 11 is 0. The number of aromatic nitrogens is 4. The number of nitrogens with zero attached hydrogens (tertiary/aromatic N) is 4. The predicted molar refractivity (Wildman–Crippen MR) is 210 cm³/mol.